The summed E-state index contributed by atoms with van der Waals surface area (Å²) in [4.78, 5) is 0. The van der Waals surface area contributed by atoms with Crippen molar-refractivity contribution >= 4 is 0 Å². The zero-order valence-corrected chi connectivity index (χ0v) is 13.6. The van der Waals surface area contributed by atoms with Crippen LogP contribution in [0.5, 0.6) is 5.75 Å². The van der Waals surface area contributed by atoms with E-state index in [9.17, 15) is 5.11 Å². The van der Waals surface area contributed by atoms with Crippen LogP contribution in [0.15, 0.2) is 12.1 Å². The van der Waals surface area contributed by atoms with Crippen LogP contribution >= 0.6 is 0 Å². The summed E-state index contributed by atoms with van der Waals surface area (Å²) in [5.74, 6) is 6.37. The highest BCUT2D eigenvalue weighted by Crippen LogP contribution is 2.37. The first-order valence-corrected chi connectivity index (χ1v) is 7.14. The van der Waals surface area contributed by atoms with Crippen LogP contribution in [0.25, 0.3) is 0 Å². The fraction of sp³-hybridized carbons (Fsp3) is 0.556. The Labute approximate surface area is 123 Å². The quantitative estimate of drug-likeness (QED) is 0.767. The van der Waals surface area contributed by atoms with Gasteiger partial charge in [0.15, 0.2) is 0 Å². The number of aromatic hydroxyl groups is 1. The first-order chi connectivity index (χ1) is 9.07. The molecule has 0 unspecified atom stereocenters. The van der Waals surface area contributed by atoms with E-state index in [-0.39, 0.29) is 10.8 Å². The molecule has 0 amide bonds. The van der Waals surface area contributed by atoms with Gasteiger partial charge in [-0.15, -0.1) is 0 Å². The molecule has 1 rings (SSSR count). The van der Waals surface area contributed by atoms with Crippen molar-refractivity contribution in [1.82, 2.24) is 0 Å². The molecule has 0 fully saturated rings. The van der Waals surface area contributed by atoms with Crippen molar-refractivity contribution in [2.75, 3.05) is 6.54 Å². The van der Waals surface area contributed by atoms with Crippen LogP contribution in [0.1, 0.15) is 64.7 Å². The molecule has 0 saturated carbocycles. The SMILES string of the molecule is CC(C)(C)c1cc(C#CCCN)c(O)c(C(C)(C)C)c1. The lowest BCUT2D eigenvalue weighted by Crippen LogP contribution is -2.17. The molecule has 0 aromatic heterocycles. The number of phenolic OH excluding ortho intramolecular Hbond substituents is 1. The van der Waals surface area contributed by atoms with Gasteiger partial charge in [-0.2, -0.15) is 0 Å². The van der Waals surface area contributed by atoms with Crippen LogP contribution in [0.4, 0.5) is 0 Å². The van der Waals surface area contributed by atoms with Crippen LogP contribution < -0.4 is 5.73 Å². The maximum Gasteiger partial charge on any atom is 0.134 e. The molecular formula is C18H27NO. The van der Waals surface area contributed by atoms with E-state index < -0.39 is 0 Å². The van der Waals surface area contributed by atoms with E-state index in [2.05, 4.69) is 59.4 Å². The lowest BCUT2D eigenvalue weighted by molar-refractivity contribution is 0.443. The zero-order valence-electron chi connectivity index (χ0n) is 13.6. The average molecular weight is 273 g/mol. The van der Waals surface area contributed by atoms with E-state index in [1.807, 2.05) is 6.07 Å². The van der Waals surface area contributed by atoms with E-state index in [4.69, 9.17) is 5.73 Å². The molecule has 0 atom stereocenters. The number of nitrogens with two attached hydrogens (primary N) is 1. The largest absolute Gasteiger partial charge is 0.506 e. The zero-order chi connectivity index (χ0) is 15.6. The highest BCUT2D eigenvalue weighted by molar-refractivity contribution is 5.55. The molecule has 0 aliphatic rings. The van der Waals surface area contributed by atoms with Crippen LogP contribution in [0.3, 0.4) is 0 Å². The van der Waals surface area contributed by atoms with Crippen molar-refractivity contribution in [3.63, 3.8) is 0 Å². The number of hydrogen-bond acceptors (Lipinski definition) is 2. The van der Waals surface area contributed by atoms with Crippen molar-refractivity contribution in [2.45, 2.75) is 58.8 Å². The summed E-state index contributed by atoms with van der Waals surface area (Å²) >= 11 is 0. The van der Waals surface area contributed by atoms with Gasteiger partial charge in [0.2, 0.25) is 0 Å². The summed E-state index contributed by atoms with van der Waals surface area (Å²) in [7, 11) is 0. The summed E-state index contributed by atoms with van der Waals surface area (Å²) in [6.07, 6.45) is 0.643. The highest BCUT2D eigenvalue weighted by Gasteiger charge is 2.24. The topological polar surface area (TPSA) is 46.2 Å². The molecule has 3 N–H and O–H groups in total. The van der Waals surface area contributed by atoms with Gasteiger partial charge in [0.25, 0.3) is 0 Å². The highest BCUT2D eigenvalue weighted by atomic mass is 16.3. The van der Waals surface area contributed by atoms with Gasteiger partial charge >= 0.3 is 0 Å². The van der Waals surface area contributed by atoms with Crippen molar-refractivity contribution in [3.05, 3.63) is 28.8 Å². The number of benzene rings is 1. The number of phenols is 1. The second-order valence-electron chi connectivity index (χ2n) is 7.26. The molecule has 110 valence electrons. The van der Waals surface area contributed by atoms with Gasteiger partial charge in [-0.25, -0.2) is 0 Å². The van der Waals surface area contributed by atoms with Crippen molar-refractivity contribution in [1.29, 1.82) is 0 Å². The lowest BCUT2D eigenvalue weighted by atomic mass is 9.79. The third-order valence-electron chi connectivity index (χ3n) is 3.28. The normalized spacial score (nSPS) is 11.9. The van der Waals surface area contributed by atoms with Crippen LogP contribution in [0, 0.1) is 11.8 Å². The lowest BCUT2D eigenvalue weighted by Gasteiger charge is -2.26. The predicted molar refractivity (Wildman–Crippen MR) is 86.1 cm³/mol. The Hall–Kier alpha value is -1.46. The van der Waals surface area contributed by atoms with E-state index in [0.29, 0.717) is 24.3 Å². The van der Waals surface area contributed by atoms with Crippen LogP contribution in [0.2, 0.25) is 0 Å². The minimum atomic E-state index is -0.115. The van der Waals surface area contributed by atoms with Gasteiger partial charge in [-0.1, -0.05) is 59.4 Å². The van der Waals surface area contributed by atoms with Gasteiger partial charge < -0.3 is 10.8 Å². The Bertz CT molecular complexity index is 533. The fourth-order valence-electron chi connectivity index (χ4n) is 1.96. The summed E-state index contributed by atoms with van der Waals surface area (Å²) in [5, 5.41) is 10.5. The molecule has 0 spiro atoms. The first-order valence-electron chi connectivity index (χ1n) is 7.14. The summed E-state index contributed by atoms with van der Waals surface area (Å²) in [6, 6.07) is 4.09. The summed E-state index contributed by atoms with van der Waals surface area (Å²) in [5.41, 5.74) is 8.22. The van der Waals surface area contributed by atoms with Crippen LogP contribution in [-0.2, 0) is 10.8 Å². The fourth-order valence-corrected chi connectivity index (χ4v) is 1.96. The van der Waals surface area contributed by atoms with Gasteiger partial charge in [-0.3, -0.25) is 0 Å². The second-order valence-corrected chi connectivity index (χ2v) is 7.26. The molecule has 2 nitrogen and oxygen atoms in total. The monoisotopic (exact) mass is 273 g/mol. The Morgan fingerprint density at radius 3 is 2.10 bits per heavy atom. The Morgan fingerprint density at radius 1 is 1.05 bits per heavy atom. The van der Waals surface area contributed by atoms with Crippen molar-refractivity contribution in [2.24, 2.45) is 5.73 Å². The van der Waals surface area contributed by atoms with Crippen molar-refractivity contribution < 1.29 is 5.11 Å². The molecule has 20 heavy (non-hydrogen) atoms. The molecule has 0 radical (unpaired) electrons. The Kier molecular flexibility index (Phi) is 4.89. The molecule has 1 aromatic rings. The third-order valence-corrected chi connectivity index (χ3v) is 3.28. The smallest absolute Gasteiger partial charge is 0.134 e. The maximum atomic E-state index is 10.5. The standard InChI is InChI=1S/C18H27NO/c1-17(2,3)14-11-13(9-7-8-10-19)16(20)15(12-14)18(4,5)6/h11-12,20H,8,10,19H2,1-6H3. The van der Waals surface area contributed by atoms with E-state index in [0.717, 1.165) is 5.56 Å². The van der Waals surface area contributed by atoms with E-state index >= 15 is 0 Å². The van der Waals surface area contributed by atoms with Gasteiger partial charge in [-0.05, 0) is 22.5 Å². The van der Waals surface area contributed by atoms with Gasteiger partial charge in [0.1, 0.15) is 5.75 Å². The minimum absolute atomic E-state index is 0.0258. The van der Waals surface area contributed by atoms with E-state index in [1.54, 1.807) is 0 Å². The van der Waals surface area contributed by atoms with E-state index in [1.165, 1.54) is 5.56 Å². The van der Waals surface area contributed by atoms with Gasteiger partial charge in [0.05, 0.1) is 5.56 Å². The minimum Gasteiger partial charge on any atom is -0.506 e. The molecule has 1 aromatic carbocycles. The third kappa shape index (κ3) is 4.02. The predicted octanol–water partition coefficient (Wildman–Crippen LogP) is 3.69. The average Bonchev–Trinajstić information content (AvgIpc) is 2.28. The molecule has 2 heteroatoms. The first kappa shape index (κ1) is 16.6. The molecular weight excluding hydrogens is 246 g/mol. The second kappa shape index (κ2) is 5.89. The molecule has 0 aliphatic carbocycles. The van der Waals surface area contributed by atoms with Crippen LogP contribution in [-0.4, -0.2) is 11.7 Å². The molecule has 0 saturated heterocycles. The Morgan fingerprint density at radius 2 is 1.65 bits per heavy atom. The summed E-state index contributed by atoms with van der Waals surface area (Å²) in [6.45, 7) is 13.4. The maximum absolute atomic E-state index is 10.5. The molecule has 0 heterocycles. The number of rotatable bonds is 1. The summed E-state index contributed by atoms with van der Waals surface area (Å²) < 4.78 is 0. The molecule has 0 aliphatic heterocycles. The number of hydrogen-bond donors (Lipinski definition) is 2. The Balaban J connectivity index is 3.49. The molecule has 0 bridgehead atoms. The van der Waals surface area contributed by atoms with Crippen molar-refractivity contribution in [3.8, 4) is 17.6 Å². The van der Waals surface area contributed by atoms with Gasteiger partial charge in [0, 0.05) is 18.5 Å².